The molecule has 0 aliphatic carbocycles. The van der Waals surface area contributed by atoms with E-state index in [0.29, 0.717) is 17.5 Å². The van der Waals surface area contributed by atoms with Gasteiger partial charge < -0.3 is 10.1 Å². The molecular formula is C17H19BrFNO. The van der Waals surface area contributed by atoms with Crippen molar-refractivity contribution in [2.45, 2.75) is 26.3 Å². The lowest BCUT2D eigenvalue weighted by atomic mass is 10.0. The summed E-state index contributed by atoms with van der Waals surface area (Å²) in [6.45, 7) is 5.19. The van der Waals surface area contributed by atoms with E-state index in [0.717, 1.165) is 17.4 Å². The van der Waals surface area contributed by atoms with E-state index in [4.69, 9.17) is 4.74 Å². The molecule has 2 aromatic carbocycles. The van der Waals surface area contributed by atoms with Gasteiger partial charge in [0.05, 0.1) is 4.47 Å². The molecule has 0 saturated carbocycles. The van der Waals surface area contributed by atoms with Crippen molar-refractivity contribution in [2.24, 2.45) is 0 Å². The van der Waals surface area contributed by atoms with Crippen molar-refractivity contribution >= 4 is 15.9 Å². The molecule has 21 heavy (non-hydrogen) atoms. The lowest BCUT2D eigenvalue weighted by Crippen LogP contribution is -2.19. The molecule has 1 unspecified atom stereocenters. The standard InChI is InChI=1S/C17H19BrFNO/c1-3-16(20-4-2)12-5-8-14(9-6-12)21-17-11-13(19)7-10-15(17)18/h5-11,16,20H,3-4H2,1-2H3. The van der Waals surface area contributed by atoms with Gasteiger partial charge in [-0.25, -0.2) is 4.39 Å². The van der Waals surface area contributed by atoms with E-state index in [1.807, 2.05) is 24.3 Å². The van der Waals surface area contributed by atoms with E-state index in [1.165, 1.54) is 17.7 Å². The fourth-order valence-corrected chi connectivity index (χ4v) is 2.52. The zero-order valence-electron chi connectivity index (χ0n) is 12.2. The number of nitrogens with one attached hydrogen (secondary N) is 1. The molecule has 0 radical (unpaired) electrons. The molecule has 0 aromatic heterocycles. The molecule has 2 rings (SSSR count). The predicted octanol–water partition coefficient (Wildman–Crippen LogP) is 5.44. The van der Waals surface area contributed by atoms with Crippen LogP contribution in [-0.2, 0) is 0 Å². The normalized spacial score (nSPS) is 12.2. The van der Waals surface area contributed by atoms with Crippen LogP contribution >= 0.6 is 15.9 Å². The summed E-state index contributed by atoms with van der Waals surface area (Å²) in [6.07, 6.45) is 1.03. The third-order valence-electron chi connectivity index (χ3n) is 3.26. The zero-order chi connectivity index (χ0) is 15.2. The Kier molecular flexibility index (Phi) is 5.76. The maximum absolute atomic E-state index is 13.2. The van der Waals surface area contributed by atoms with Crippen molar-refractivity contribution in [1.29, 1.82) is 0 Å². The van der Waals surface area contributed by atoms with Gasteiger partial charge in [0.2, 0.25) is 0 Å². The van der Waals surface area contributed by atoms with E-state index in [2.05, 4.69) is 35.1 Å². The molecule has 1 atom stereocenters. The summed E-state index contributed by atoms with van der Waals surface area (Å²) in [5.41, 5.74) is 1.23. The number of rotatable bonds is 6. The van der Waals surface area contributed by atoms with Crippen LogP contribution in [0.5, 0.6) is 11.5 Å². The van der Waals surface area contributed by atoms with Gasteiger partial charge in [-0.1, -0.05) is 26.0 Å². The number of hydrogen-bond acceptors (Lipinski definition) is 2. The molecule has 1 N–H and O–H groups in total. The Morgan fingerprint density at radius 2 is 1.86 bits per heavy atom. The highest BCUT2D eigenvalue weighted by atomic mass is 79.9. The van der Waals surface area contributed by atoms with Gasteiger partial charge in [0, 0.05) is 12.1 Å². The van der Waals surface area contributed by atoms with Gasteiger partial charge in [0.15, 0.2) is 0 Å². The summed E-state index contributed by atoms with van der Waals surface area (Å²) >= 11 is 3.36. The molecule has 0 amide bonds. The smallest absolute Gasteiger partial charge is 0.144 e. The first kappa shape index (κ1) is 16.0. The van der Waals surface area contributed by atoms with Crippen LogP contribution < -0.4 is 10.1 Å². The minimum Gasteiger partial charge on any atom is -0.456 e. The highest BCUT2D eigenvalue weighted by Crippen LogP contribution is 2.31. The first-order valence-electron chi connectivity index (χ1n) is 7.10. The first-order valence-corrected chi connectivity index (χ1v) is 7.89. The Labute approximate surface area is 133 Å². The minimum absolute atomic E-state index is 0.317. The fourth-order valence-electron chi connectivity index (χ4n) is 2.19. The van der Waals surface area contributed by atoms with Crippen LogP contribution in [-0.4, -0.2) is 6.54 Å². The molecule has 2 aromatic rings. The van der Waals surface area contributed by atoms with Gasteiger partial charge in [-0.05, 0) is 58.7 Å². The van der Waals surface area contributed by atoms with E-state index < -0.39 is 0 Å². The third-order valence-corrected chi connectivity index (χ3v) is 3.92. The highest BCUT2D eigenvalue weighted by Gasteiger charge is 2.09. The van der Waals surface area contributed by atoms with Crippen LogP contribution in [0, 0.1) is 5.82 Å². The zero-order valence-corrected chi connectivity index (χ0v) is 13.8. The van der Waals surface area contributed by atoms with Crippen LogP contribution in [0.2, 0.25) is 0 Å². The molecule has 0 fully saturated rings. The van der Waals surface area contributed by atoms with Gasteiger partial charge >= 0.3 is 0 Å². The van der Waals surface area contributed by atoms with E-state index in [1.54, 1.807) is 6.07 Å². The van der Waals surface area contributed by atoms with Crippen LogP contribution in [0.4, 0.5) is 4.39 Å². The van der Waals surface area contributed by atoms with Crippen LogP contribution in [0.1, 0.15) is 31.9 Å². The minimum atomic E-state index is -0.317. The number of benzene rings is 2. The summed E-state index contributed by atoms with van der Waals surface area (Å²) in [4.78, 5) is 0. The van der Waals surface area contributed by atoms with Gasteiger partial charge in [-0.15, -0.1) is 0 Å². The topological polar surface area (TPSA) is 21.3 Å². The number of hydrogen-bond donors (Lipinski definition) is 1. The Bertz CT molecular complexity index is 586. The second-order valence-electron chi connectivity index (χ2n) is 4.76. The Balaban J connectivity index is 2.13. The number of halogens is 2. The lowest BCUT2D eigenvalue weighted by molar-refractivity contribution is 0.472. The lowest BCUT2D eigenvalue weighted by Gasteiger charge is -2.16. The molecule has 0 spiro atoms. The maximum atomic E-state index is 13.2. The van der Waals surface area contributed by atoms with Crippen LogP contribution in [0.25, 0.3) is 0 Å². The van der Waals surface area contributed by atoms with Crippen molar-refractivity contribution in [1.82, 2.24) is 5.32 Å². The molecule has 112 valence electrons. The average molecular weight is 352 g/mol. The van der Waals surface area contributed by atoms with Gasteiger partial charge in [0.25, 0.3) is 0 Å². The van der Waals surface area contributed by atoms with Crippen molar-refractivity contribution in [3.63, 3.8) is 0 Å². The summed E-state index contributed by atoms with van der Waals surface area (Å²) in [6, 6.07) is 12.6. The highest BCUT2D eigenvalue weighted by molar-refractivity contribution is 9.10. The predicted molar refractivity (Wildman–Crippen MR) is 87.3 cm³/mol. The van der Waals surface area contributed by atoms with E-state index in [-0.39, 0.29) is 5.82 Å². The summed E-state index contributed by atoms with van der Waals surface area (Å²) in [5.74, 6) is 0.848. The van der Waals surface area contributed by atoms with Gasteiger partial charge in [-0.2, -0.15) is 0 Å². The molecule has 4 heteroatoms. The van der Waals surface area contributed by atoms with Crippen molar-refractivity contribution in [2.75, 3.05) is 6.54 Å². The SMILES string of the molecule is CCNC(CC)c1ccc(Oc2cc(F)ccc2Br)cc1. The second-order valence-corrected chi connectivity index (χ2v) is 5.62. The van der Waals surface area contributed by atoms with Crippen LogP contribution in [0.3, 0.4) is 0 Å². The van der Waals surface area contributed by atoms with E-state index >= 15 is 0 Å². The van der Waals surface area contributed by atoms with Crippen molar-refractivity contribution < 1.29 is 9.13 Å². The monoisotopic (exact) mass is 351 g/mol. The second kappa shape index (κ2) is 7.57. The molecular weight excluding hydrogens is 333 g/mol. The number of ether oxygens (including phenoxy) is 1. The molecule has 0 saturated heterocycles. The van der Waals surface area contributed by atoms with Gasteiger partial charge in [-0.3, -0.25) is 0 Å². The Hall–Kier alpha value is -1.39. The largest absolute Gasteiger partial charge is 0.456 e. The molecule has 0 aliphatic rings. The molecule has 0 aliphatic heterocycles. The maximum Gasteiger partial charge on any atom is 0.144 e. The van der Waals surface area contributed by atoms with Crippen molar-refractivity contribution in [3.8, 4) is 11.5 Å². The Morgan fingerprint density at radius 1 is 1.14 bits per heavy atom. The summed E-state index contributed by atoms with van der Waals surface area (Å²) < 4.78 is 19.7. The molecule has 2 nitrogen and oxygen atoms in total. The van der Waals surface area contributed by atoms with Gasteiger partial charge in [0.1, 0.15) is 17.3 Å². The van der Waals surface area contributed by atoms with Crippen molar-refractivity contribution in [3.05, 3.63) is 58.3 Å². The summed E-state index contributed by atoms with van der Waals surface area (Å²) in [5, 5.41) is 3.44. The fraction of sp³-hybridized carbons (Fsp3) is 0.294. The molecule has 0 heterocycles. The third kappa shape index (κ3) is 4.29. The molecule has 0 bridgehead atoms. The summed E-state index contributed by atoms with van der Waals surface area (Å²) in [7, 11) is 0. The Morgan fingerprint density at radius 3 is 2.48 bits per heavy atom. The average Bonchev–Trinajstić information content (AvgIpc) is 2.49. The quantitative estimate of drug-likeness (QED) is 0.747. The first-order chi connectivity index (χ1) is 10.1. The van der Waals surface area contributed by atoms with E-state index in [9.17, 15) is 4.39 Å². The van der Waals surface area contributed by atoms with Crippen LogP contribution in [0.15, 0.2) is 46.9 Å².